The van der Waals surface area contributed by atoms with Crippen LogP contribution in [0.4, 0.5) is 5.69 Å². The van der Waals surface area contributed by atoms with Crippen LogP contribution in [0, 0.1) is 0 Å². The van der Waals surface area contributed by atoms with Crippen LogP contribution < -0.4 is 9.64 Å². The summed E-state index contributed by atoms with van der Waals surface area (Å²) in [6.07, 6.45) is 0. The van der Waals surface area contributed by atoms with E-state index in [1.807, 2.05) is 24.3 Å². The van der Waals surface area contributed by atoms with Crippen molar-refractivity contribution >= 4 is 23.2 Å². The molecule has 4 nitrogen and oxygen atoms in total. The number of amides is 1. The van der Waals surface area contributed by atoms with Gasteiger partial charge in [0.2, 0.25) is 5.91 Å². The first kappa shape index (κ1) is 15.1. The van der Waals surface area contributed by atoms with Gasteiger partial charge < -0.3 is 14.5 Å². The second kappa shape index (κ2) is 6.46. The maximum atomic E-state index is 12.0. The molecule has 5 heteroatoms. The third-order valence-electron chi connectivity index (χ3n) is 3.83. The summed E-state index contributed by atoms with van der Waals surface area (Å²) in [6.45, 7) is 6.96. The summed E-state index contributed by atoms with van der Waals surface area (Å²) in [5.74, 6) is 0.762. The first-order chi connectivity index (χ1) is 9.62. The van der Waals surface area contributed by atoms with E-state index < -0.39 is 5.38 Å². The number of likely N-dealkylation sites (N-methyl/N-ethyl adjacent to an activating group) is 1. The number of alkyl halides is 1. The molecule has 1 aromatic carbocycles. The van der Waals surface area contributed by atoms with E-state index in [0.29, 0.717) is 0 Å². The van der Waals surface area contributed by atoms with Gasteiger partial charge in [-0.25, -0.2) is 0 Å². The number of carbonyl (C=O) groups excluding carboxylic acids is 1. The molecule has 0 bridgehead atoms. The number of rotatable bonds is 6. The maximum Gasteiger partial charge on any atom is 0.247 e. The van der Waals surface area contributed by atoms with Crippen molar-refractivity contribution in [1.82, 2.24) is 4.90 Å². The van der Waals surface area contributed by atoms with E-state index in [0.717, 1.165) is 31.1 Å². The van der Waals surface area contributed by atoms with E-state index in [-0.39, 0.29) is 11.9 Å². The molecule has 0 saturated carbocycles. The molecular formula is C15H21ClN2O2. The Labute approximate surface area is 125 Å². The molecule has 2 atom stereocenters. The second-order valence-electron chi connectivity index (χ2n) is 4.86. The van der Waals surface area contributed by atoms with E-state index in [4.69, 9.17) is 16.3 Å². The Bertz CT molecular complexity index is 459. The van der Waals surface area contributed by atoms with Crippen LogP contribution in [0.2, 0.25) is 0 Å². The van der Waals surface area contributed by atoms with E-state index in [1.54, 1.807) is 12.0 Å². The molecule has 0 aliphatic carbocycles. The van der Waals surface area contributed by atoms with Crippen molar-refractivity contribution in [1.29, 1.82) is 0 Å². The normalized spacial score (nSPS) is 22.1. The van der Waals surface area contributed by atoms with Gasteiger partial charge in [0.1, 0.15) is 11.1 Å². The molecule has 0 unspecified atom stereocenters. The SMILES string of the molecule is CCN(CC)C[C@@H]1[C@H](Cl)C(=O)N1c1ccc(OC)cc1. The highest BCUT2D eigenvalue weighted by atomic mass is 35.5. The van der Waals surface area contributed by atoms with Gasteiger partial charge in [0.25, 0.3) is 0 Å². The zero-order valence-corrected chi connectivity index (χ0v) is 12.9. The van der Waals surface area contributed by atoms with E-state index in [2.05, 4.69) is 18.7 Å². The van der Waals surface area contributed by atoms with Crippen LogP contribution in [0.15, 0.2) is 24.3 Å². The molecule has 1 saturated heterocycles. The molecule has 2 rings (SSSR count). The molecule has 0 N–H and O–H groups in total. The van der Waals surface area contributed by atoms with Gasteiger partial charge in [-0.05, 0) is 37.4 Å². The molecule has 0 aromatic heterocycles. The lowest BCUT2D eigenvalue weighted by Crippen LogP contribution is -2.66. The third kappa shape index (κ3) is 2.76. The van der Waals surface area contributed by atoms with Gasteiger partial charge in [-0.1, -0.05) is 13.8 Å². The molecule has 0 radical (unpaired) electrons. The number of ether oxygens (including phenoxy) is 1. The molecule has 20 heavy (non-hydrogen) atoms. The van der Waals surface area contributed by atoms with Crippen LogP contribution in [0.1, 0.15) is 13.8 Å². The predicted octanol–water partition coefficient (Wildman–Crippen LogP) is 2.36. The van der Waals surface area contributed by atoms with Gasteiger partial charge >= 0.3 is 0 Å². The van der Waals surface area contributed by atoms with Crippen LogP contribution >= 0.6 is 11.6 Å². The van der Waals surface area contributed by atoms with Crippen molar-refractivity contribution < 1.29 is 9.53 Å². The zero-order chi connectivity index (χ0) is 14.7. The number of hydrogen-bond acceptors (Lipinski definition) is 3. The summed E-state index contributed by atoms with van der Waals surface area (Å²) in [5.41, 5.74) is 0.879. The fourth-order valence-electron chi connectivity index (χ4n) is 2.49. The minimum Gasteiger partial charge on any atom is -0.497 e. The molecule has 1 aliphatic heterocycles. The largest absolute Gasteiger partial charge is 0.497 e. The average Bonchev–Trinajstić information content (AvgIpc) is 2.51. The lowest BCUT2D eigenvalue weighted by atomic mass is 9.99. The Morgan fingerprint density at radius 2 is 1.85 bits per heavy atom. The third-order valence-corrected chi connectivity index (χ3v) is 4.31. The smallest absolute Gasteiger partial charge is 0.247 e. The van der Waals surface area contributed by atoms with Gasteiger partial charge in [0, 0.05) is 12.2 Å². The highest BCUT2D eigenvalue weighted by molar-refractivity contribution is 6.37. The Kier molecular flexibility index (Phi) is 4.89. The Hall–Kier alpha value is -1.26. The summed E-state index contributed by atoms with van der Waals surface area (Å²) in [7, 11) is 1.63. The van der Waals surface area contributed by atoms with E-state index in [9.17, 15) is 4.79 Å². The van der Waals surface area contributed by atoms with Crippen LogP contribution in [0.5, 0.6) is 5.75 Å². The number of methoxy groups -OCH3 is 1. The fraction of sp³-hybridized carbons (Fsp3) is 0.533. The minimum atomic E-state index is -0.419. The first-order valence-electron chi connectivity index (χ1n) is 6.95. The molecule has 1 amide bonds. The number of benzene rings is 1. The van der Waals surface area contributed by atoms with E-state index in [1.165, 1.54) is 0 Å². The number of nitrogens with zero attached hydrogens (tertiary/aromatic N) is 2. The number of anilines is 1. The quantitative estimate of drug-likeness (QED) is 0.597. The van der Waals surface area contributed by atoms with Crippen molar-refractivity contribution in [2.24, 2.45) is 0 Å². The Balaban J connectivity index is 2.13. The monoisotopic (exact) mass is 296 g/mol. The molecule has 110 valence electrons. The number of carbonyl (C=O) groups is 1. The van der Waals surface area contributed by atoms with Crippen LogP contribution in [0.3, 0.4) is 0 Å². The van der Waals surface area contributed by atoms with Crippen molar-refractivity contribution in [3.63, 3.8) is 0 Å². The first-order valence-corrected chi connectivity index (χ1v) is 7.39. The van der Waals surface area contributed by atoms with Crippen molar-refractivity contribution in [3.8, 4) is 5.75 Å². The van der Waals surface area contributed by atoms with Crippen LogP contribution in [-0.2, 0) is 4.79 Å². The van der Waals surface area contributed by atoms with Gasteiger partial charge in [0.15, 0.2) is 0 Å². The molecule has 0 spiro atoms. The number of hydrogen-bond donors (Lipinski definition) is 0. The minimum absolute atomic E-state index is 0.0195. The molecule has 1 heterocycles. The lowest BCUT2D eigenvalue weighted by Gasteiger charge is -2.46. The Morgan fingerprint density at radius 1 is 1.25 bits per heavy atom. The van der Waals surface area contributed by atoms with Crippen molar-refractivity contribution in [2.75, 3.05) is 31.6 Å². The van der Waals surface area contributed by atoms with Crippen molar-refractivity contribution in [2.45, 2.75) is 25.3 Å². The van der Waals surface area contributed by atoms with E-state index >= 15 is 0 Å². The topological polar surface area (TPSA) is 32.8 Å². The zero-order valence-electron chi connectivity index (χ0n) is 12.2. The number of β-lactam (4-membered cyclic amide) rings is 1. The highest BCUT2D eigenvalue weighted by Gasteiger charge is 2.47. The predicted molar refractivity (Wildman–Crippen MR) is 81.7 cm³/mol. The molecule has 1 aliphatic rings. The number of halogens is 1. The summed E-state index contributed by atoms with van der Waals surface area (Å²) >= 11 is 6.18. The van der Waals surface area contributed by atoms with Crippen molar-refractivity contribution in [3.05, 3.63) is 24.3 Å². The van der Waals surface area contributed by atoms with Crippen LogP contribution in [0.25, 0.3) is 0 Å². The maximum absolute atomic E-state index is 12.0. The second-order valence-corrected chi connectivity index (χ2v) is 5.33. The summed E-state index contributed by atoms with van der Waals surface area (Å²) in [5, 5.41) is -0.419. The van der Waals surface area contributed by atoms with Gasteiger partial charge in [-0.3, -0.25) is 4.79 Å². The fourth-order valence-corrected chi connectivity index (χ4v) is 2.79. The summed E-state index contributed by atoms with van der Waals surface area (Å²) < 4.78 is 5.14. The average molecular weight is 297 g/mol. The standard InChI is InChI=1S/C15H21ClN2O2/c1-4-17(5-2)10-13-14(16)15(19)18(13)11-6-8-12(20-3)9-7-11/h6-9,13-14H,4-5,10H2,1-3H3/t13-,14+/m1/s1. The van der Waals surface area contributed by atoms with Crippen LogP contribution in [-0.4, -0.2) is 49.0 Å². The molecule has 1 aromatic rings. The molecular weight excluding hydrogens is 276 g/mol. The molecule has 1 fully saturated rings. The summed E-state index contributed by atoms with van der Waals surface area (Å²) in [4.78, 5) is 16.1. The highest BCUT2D eigenvalue weighted by Crippen LogP contribution is 2.33. The lowest BCUT2D eigenvalue weighted by molar-refractivity contribution is -0.123. The van der Waals surface area contributed by atoms with Gasteiger partial charge in [-0.15, -0.1) is 11.6 Å². The van der Waals surface area contributed by atoms with Gasteiger partial charge in [-0.2, -0.15) is 0 Å². The summed E-state index contributed by atoms with van der Waals surface area (Å²) in [6, 6.07) is 7.55. The van der Waals surface area contributed by atoms with Gasteiger partial charge in [0.05, 0.1) is 13.2 Å². The Morgan fingerprint density at radius 3 is 2.35 bits per heavy atom.